The standard InChI is InChI=1S/C9H13NS2/c1-7(6-9(10)11)5-8-3-2-4-12-8/h2-4,7H,5-6H2,1H3,(H2,10,11). The third-order valence-corrected chi connectivity index (χ3v) is 2.74. The van der Waals surface area contributed by atoms with E-state index in [2.05, 4.69) is 24.4 Å². The molecule has 0 saturated carbocycles. The maximum atomic E-state index is 5.46. The molecule has 12 heavy (non-hydrogen) atoms. The third kappa shape index (κ3) is 3.32. The topological polar surface area (TPSA) is 26.0 Å². The Morgan fingerprint density at radius 3 is 3.00 bits per heavy atom. The van der Waals surface area contributed by atoms with Gasteiger partial charge in [-0.15, -0.1) is 11.3 Å². The zero-order chi connectivity index (χ0) is 8.97. The van der Waals surface area contributed by atoms with Crippen LogP contribution in [-0.2, 0) is 6.42 Å². The lowest BCUT2D eigenvalue weighted by molar-refractivity contribution is 0.613. The molecule has 1 aromatic rings. The highest BCUT2D eigenvalue weighted by molar-refractivity contribution is 7.80. The van der Waals surface area contributed by atoms with Crippen molar-refractivity contribution in [3.05, 3.63) is 22.4 Å². The molecule has 1 atom stereocenters. The Hall–Kier alpha value is -0.410. The summed E-state index contributed by atoms with van der Waals surface area (Å²) in [6, 6.07) is 4.23. The van der Waals surface area contributed by atoms with Gasteiger partial charge < -0.3 is 5.73 Å². The Bertz CT molecular complexity index is 241. The summed E-state index contributed by atoms with van der Waals surface area (Å²) < 4.78 is 0. The summed E-state index contributed by atoms with van der Waals surface area (Å²) in [5.41, 5.74) is 5.46. The van der Waals surface area contributed by atoms with Crippen molar-refractivity contribution in [2.75, 3.05) is 0 Å². The second kappa shape index (κ2) is 4.58. The van der Waals surface area contributed by atoms with E-state index in [1.807, 2.05) is 0 Å². The van der Waals surface area contributed by atoms with Gasteiger partial charge in [0.2, 0.25) is 0 Å². The van der Waals surface area contributed by atoms with Crippen molar-refractivity contribution >= 4 is 28.5 Å². The van der Waals surface area contributed by atoms with E-state index in [-0.39, 0.29) is 0 Å². The van der Waals surface area contributed by atoms with Gasteiger partial charge >= 0.3 is 0 Å². The lowest BCUT2D eigenvalue weighted by atomic mass is 10.0. The molecule has 0 aliphatic rings. The van der Waals surface area contributed by atoms with Gasteiger partial charge in [-0.05, 0) is 23.8 Å². The lowest BCUT2D eigenvalue weighted by Gasteiger charge is -2.07. The molecule has 1 nitrogen and oxygen atoms in total. The first-order valence-electron chi connectivity index (χ1n) is 3.99. The van der Waals surface area contributed by atoms with Gasteiger partial charge in [0.15, 0.2) is 0 Å². The fraction of sp³-hybridized carbons (Fsp3) is 0.444. The van der Waals surface area contributed by atoms with Crippen LogP contribution < -0.4 is 5.73 Å². The molecule has 3 heteroatoms. The maximum absolute atomic E-state index is 5.46. The predicted octanol–water partition coefficient (Wildman–Crippen LogP) is 2.60. The van der Waals surface area contributed by atoms with Crippen molar-refractivity contribution in [1.29, 1.82) is 0 Å². The van der Waals surface area contributed by atoms with E-state index in [0.29, 0.717) is 10.9 Å². The van der Waals surface area contributed by atoms with Crippen LogP contribution in [0.3, 0.4) is 0 Å². The van der Waals surface area contributed by atoms with E-state index >= 15 is 0 Å². The first-order valence-corrected chi connectivity index (χ1v) is 5.28. The molecular formula is C9H13NS2. The molecule has 0 aromatic carbocycles. The molecule has 0 amide bonds. The first kappa shape index (κ1) is 9.68. The van der Waals surface area contributed by atoms with Gasteiger partial charge in [-0.1, -0.05) is 25.2 Å². The van der Waals surface area contributed by atoms with Crippen LogP contribution in [-0.4, -0.2) is 4.99 Å². The summed E-state index contributed by atoms with van der Waals surface area (Å²) in [6.45, 7) is 2.18. The van der Waals surface area contributed by atoms with Gasteiger partial charge in [-0.3, -0.25) is 0 Å². The lowest BCUT2D eigenvalue weighted by Crippen LogP contribution is -2.13. The minimum atomic E-state index is 0.571. The monoisotopic (exact) mass is 199 g/mol. The van der Waals surface area contributed by atoms with Crippen LogP contribution in [0.2, 0.25) is 0 Å². The summed E-state index contributed by atoms with van der Waals surface area (Å²) in [5.74, 6) is 0.571. The molecule has 0 fully saturated rings. The van der Waals surface area contributed by atoms with Crippen LogP contribution in [0.1, 0.15) is 18.2 Å². The molecule has 0 radical (unpaired) electrons. The van der Waals surface area contributed by atoms with Crippen LogP contribution in [0, 0.1) is 5.92 Å². The number of rotatable bonds is 4. The van der Waals surface area contributed by atoms with Crippen LogP contribution in [0.4, 0.5) is 0 Å². The van der Waals surface area contributed by atoms with Gasteiger partial charge in [0, 0.05) is 11.3 Å². The SMILES string of the molecule is CC(CC(N)=S)Cc1cccs1. The van der Waals surface area contributed by atoms with E-state index in [9.17, 15) is 0 Å². The van der Waals surface area contributed by atoms with Gasteiger partial charge in [-0.25, -0.2) is 0 Å². The van der Waals surface area contributed by atoms with Crippen molar-refractivity contribution in [2.24, 2.45) is 11.7 Å². The normalized spacial score (nSPS) is 12.8. The zero-order valence-electron chi connectivity index (χ0n) is 7.12. The Balaban J connectivity index is 2.36. The quantitative estimate of drug-likeness (QED) is 0.754. The Morgan fingerprint density at radius 2 is 2.50 bits per heavy atom. The second-order valence-electron chi connectivity index (χ2n) is 3.06. The van der Waals surface area contributed by atoms with Gasteiger partial charge in [-0.2, -0.15) is 0 Å². The molecule has 1 rings (SSSR count). The largest absolute Gasteiger partial charge is 0.393 e. The van der Waals surface area contributed by atoms with Crippen molar-refractivity contribution in [2.45, 2.75) is 19.8 Å². The smallest absolute Gasteiger partial charge is 0.0730 e. The summed E-state index contributed by atoms with van der Waals surface area (Å²) in [4.78, 5) is 2.04. The van der Waals surface area contributed by atoms with Gasteiger partial charge in [0.05, 0.1) is 4.99 Å². The third-order valence-electron chi connectivity index (χ3n) is 1.68. The van der Waals surface area contributed by atoms with Gasteiger partial charge in [0.25, 0.3) is 0 Å². The van der Waals surface area contributed by atoms with Crippen LogP contribution in [0.15, 0.2) is 17.5 Å². The molecule has 66 valence electrons. The van der Waals surface area contributed by atoms with E-state index < -0.39 is 0 Å². The molecule has 0 aliphatic heterocycles. The molecule has 0 spiro atoms. The molecule has 2 N–H and O–H groups in total. The molecule has 0 bridgehead atoms. The van der Waals surface area contributed by atoms with E-state index in [0.717, 1.165) is 12.8 Å². The van der Waals surface area contributed by atoms with Crippen molar-refractivity contribution in [1.82, 2.24) is 0 Å². The highest BCUT2D eigenvalue weighted by Gasteiger charge is 2.05. The van der Waals surface area contributed by atoms with Crippen molar-refractivity contribution in [3.63, 3.8) is 0 Å². The Morgan fingerprint density at radius 1 is 1.75 bits per heavy atom. The molecule has 0 aliphatic carbocycles. The average Bonchev–Trinajstić information content (AvgIpc) is 2.37. The number of thiophene rings is 1. The number of hydrogen-bond acceptors (Lipinski definition) is 2. The van der Waals surface area contributed by atoms with E-state index in [1.165, 1.54) is 4.88 Å². The Labute approximate surface area is 82.6 Å². The molecule has 1 aromatic heterocycles. The number of thiocarbonyl (C=S) groups is 1. The van der Waals surface area contributed by atoms with Crippen LogP contribution >= 0.6 is 23.6 Å². The summed E-state index contributed by atoms with van der Waals surface area (Å²) in [6.07, 6.45) is 1.95. The first-order chi connectivity index (χ1) is 5.68. The number of nitrogens with two attached hydrogens (primary N) is 1. The highest BCUT2D eigenvalue weighted by atomic mass is 32.1. The van der Waals surface area contributed by atoms with Crippen LogP contribution in [0.25, 0.3) is 0 Å². The fourth-order valence-electron chi connectivity index (χ4n) is 1.19. The highest BCUT2D eigenvalue weighted by Crippen LogP contribution is 2.16. The van der Waals surface area contributed by atoms with Gasteiger partial charge in [0.1, 0.15) is 0 Å². The summed E-state index contributed by atoms with van der Waals surface area (Å²) in [5, 5.41) is 2.10. The molecular weight excluding hydrogens is 186 g/mol. The van der Waals surface area contributed by atoms with Crippen LogP contribution in [0.5, 0.6) is 0 Å². The maximum Gasteiger partial charge on any atom is 0.0730 e. The summed E-state index contributed by atoms with van der Waals surface area (Å²) in [7, 11) is 0. The fourth-order valence-corrected chi connectivity index (χ4v) is 2.34. The minimum Gasteiger partial charge on any atom is -0.393 e. The zero-order valence-corrected chi connectivity index (χ0v) is 8.75. The molecule has 1 heterocycles. The predicted molar refractivity (Wildman–Crippen MR) is 58.6 cm³/mol. The molecule has 1 unspecified atom stereocenters. The molecule has 0 saturated heterocycles. The van der Waals surface area contributed by atoms with Crippen molar-refractivity contribution in [3.8, 4) is 0 Å². The van der Waals surface area contributed by atoms with E-state index in [1.54, 1.807) is 11.3 Å². The summed E-state index contributed by atoms with van der Waals surface area (Å²) >= 11 is 6.64. The minimum absolute atomic E-state index is 0.571. The van der Waals surface area contributed by atoms with Crippen molar-refractivity contribution < 1.29 is 0 Å². The second-order valence-corrected chi connectivity index (χ2v) is 4.62. The Kier molecular flexibility index (Phi) is 3.69. The average molecular weight is 199 g/mol. The van der Waals surface area contributed by atoms with E-state index in [4.69, 9.17) is 18.0 Å². The number of hydrogen-bond donors (Lipinski definition) is 1.